The van der Waals surface area contributed by atoms with Crippen molar-refractivity contribution in [2.75, 3.05) is 27.4 Å². The lowest BCUT2D eigenvalue weighted by Gasteiger charge is -2.29. The van der Waals surface area contributed by atoms with Crippen molar-refractivity contribution in [2.45, 2.75) is 25.7 Å². The molecule has 1 saturated carbocycles. The van der Waals surface area contributed by atoms with Crippen molar-refractivity contribution in [3.05, 3.63) is 23.8 Å². The minimum atomic E-state index is -1.52. The van der Waals surface area contributed by atoms with Crippen molar-refractivity contribution in [3.63, 3.8) is 0 Å². The average molecular weight is 371 g/mol. The molecule has 0 aromatic heterocycles. The van der Waals surface area contributed by atoms with Crippen LogP contribution in [0.3, 0.4) is 0 Å². The quantitative estimate of drug-likeness (QED) is 0.646. The van der Waals surface area contributed by atoms with Crippen molar-refractivity contribution in [1.29, 1.82) is 10.5 Å². The van der Waals surface area contributed by atoms with Gasteiger partial charge in [0, 0.05) is 5.56 Å². The number of rotatable bonds is 7. The van der Waals surface area contributed by atoms with Gasteiger partial charge in [-0.05, 0) is 19.9 Å². The number of para-hydroxylation sites is 1. The third kappa shape index (κ3) is 2.00. The van der Waals surface area contributed by atoms with Crippen molar-refractivity contribution in [1.82, 2.24) is 0 Å². The Labute approximate surface area is 158 Å². The molecule has 0 radical (unpaired) electrons. The molecule has 0 amide bonds. The van der Waals surface area contributed by atoms with Crippen LogP contribution >= 0.6 is 0 Å². The molecule has 1 fully saturated rings. The van der Waals surface area contributed by atoms with Crippen molar-refractivity contribution >= 4 is 5.84 Å². The second-order valence-electron chi connectivity index (χ2n) is 6.38. The van der Waals surface area contributed by atoms with Gasteiger partial charge in [0.05, 0.1) is 45.5 Å². The number of nitriles is 2. The van der Waals surface area contributed by atoms with E-state index >= 15 is 0 Å². The number of nitrogens with zero attached hydrogens (tertiary/aromatic N) is 2. The molecule has 1 aromatic rings. The molecule has 142 valence electrons. The van der Waals surface area contributed by atoms with Crippen LogP contribution in [0.2, 0.25) is 0 Å². The lowest BCUT2D eigenvalue weighted by atomic mass is 9.93. The number of amidine groups is 1. The highest BCUT2D eigenvalue weighted by atomic mass is 16.7. The van der Waals surface area contributed by atoms with Crippen LogP contribution in [0.1, 0.15) is 25.3 Å². The summed E-state index contributed by atoms with van der Waals surface area (Å²) in [6.45, 7) is 4.12. The number of hydrogen-bond acceptors (Lipinski definition) is 7. The summed E-state index contributed by atoms with van der Waals surface area (Å²) >= 11 is 0. The standard InChI is InChI=1S/C19H22N4O4/c1-5-26-19(27-6-2)18(11-21)15(17(18,10-20)16(22)23-19)12-8-7-9-13(24-3)14(12)25-4/h7-9,15H,5-6H2,1-4H3,(H2,22,23)/p+1. The maximum Gasteiger partial charge on any atom is 0.343 e. The molecule has 2 aliphatic rings. The van der Waals surface area contributed by atoms with Crippen molar-refractivity contribution in [2.24, 2.45) is 16.6 Å². The number of hydrogen-bond donors (Lipinski definition) is 2. The second-order valence-corrected chi connectivity index (χ2v) is 6.38. The fourth-order valence-corrected chi connectivity index (χ4v) is 4.46. The van der Waals surface area contributed by atoms with E-state index in [0.717, 1.165) is 0 Å². The van der Waals surface area contributed by atoms with Crippen LogP contribution in [-0.4, -0.2) is 39.2 Å². The van der Waals surface area contributed by atoms with Gasteiger partial charge in [-0.1, -0.05) is 12.1 Å². The molecule has 8 nitrogen and oxygen atoms in total. The van der Waals surface area contributed by atoms with E-state index in [4.69, 9.17) is 24.7 Å². The zero-order valence-corrected chi connectivity index (χ0v) is 15.8. The van der Waals surface area contributed by atoms with E-state index in [1.54, 1.807) is 32.0 Å². The monoisotopic (exact) mass is 371 g/mol. The molecule has 3 rings (SSSR count). The molecule has 3 unspecified atom stereocenters. The van der Waals surface area contributed by atoms with Crippen LogP contribution in [-0.2, 0) is 9.47 Å². The second kappa shape index (κ2) is 6.41. The first kappa shape index (κ1) is 19.0. The molecule has 27 heavy (non-hydrogen) atoms. The van der Waals surface area contributed by atoms with Crippen molar-refractivity contribution < 1.29 is 23.9 Å². The van der Waals surface area contributed by atoms with Crippen molar-refractivity contribution in [3.8, 4) is 23.6 Å². The summed E-state index contributed by atoms with van der Waals surface area (Å²) in [6.07, 6.45) is 0. The van der Waals surface area contributed by atoms with E-state index in [0.29, 0.717) is 17.1 Å². The van der Waals surface area contributed by atoms with Crippen LogP contribution in [0.15, 0.2) is 18.2 Å². The number of nitrogens with two attached hydrogens (primary N) is 1. The fourth-order valence-electron chi connectivity index (χ4n) is 4.46. The summed E-state index contributed by atoms with van der Waals surface area (Å²) in [6, 6.07) is 9.91. The summed E-state index contributed by atoms with van der Waals surface area (Å²) in [4.78, 5) is 2.95. The Bertz CT molecular complexity index is 865. The molecule has 1 heterocycles. The molecule has 3 N–H and O–H groups in total. The Hall–Kier alpha value is -2.81. The molecule has 8 heteroatoms. The molecule has 3 atom stereocenters. The first-order chi connectivity index (χ1) is 13.0. The predicted molar refractivity (Wildman–Crippen MR) is 94.5 cm³/mol. The summed E-state index contributed by atoms with van der Waals surface area (Å²) in [7, 11) is 3.05. The fraction of sp³-hybridized carbons (Fsp3) is 0.526. The van der Waals surface area contributed by atoms with Gasteiger partial charge in [-0.3, -0.25) is 5.73 Å². The topological polar surface area (TPSA) is 124 Å². The predicted octanol–water partition coefficient (Wildman–Crippen LogP) is -0.000840. The molecule has 1 aliphatic carbocycles. The van der Waals surface area contributed by atoms with Gasteiger partial charge in [0.1, 0.15) is 0 Å². The van der Waals surface area contributed by atoms with Crippen LogP contribution in [0.25, 0.3) is 0 Å². The summed E-state index contributed by atoms with van der Waals surface area (Å²) < 4.78 is 22.7. The number of benzene rings is 1. The normalized spacial score (nSPS) is 29.9. The Morgan fingerprint density at radius 1 is 1.11 bits per heavy atom. The smallest absolute Gasteiger partial charge is 0.343 e. The third-order valence-corrected chi connectivity index (χ3v) is 5.44. The number of nitrogens with one attached hydrogen (secondary N) is 1. The minimum absolute atomic E-state index is 0.156. The molecule has 1 aliphatic heterocycles. The van der Waals surface area contributed by atoms with E-state index in [1.807, 2.05) is 0 Å². The molecule has 1 aromatic carbocycles. The molecule has 0 spiro atoms. The maximum atomic E-state index is 10.2. The lowest BCUT2D eigenvalue weighted by Crippen LogP contribution is -2.91. The zero-order chi connectivity index (χ0) is 19.9. The molecular weight excluding hydrogens is 348 g/mol. The van der Waals surface area contributed by atoms with Gasteiger partial charge in [0.15, 0.2) is 22.3 Å². The molecule has 0 bridgehead atoms. The van der Waals surface area contributed by atoms with Gasteiger partial charge < -0.3 is 18.9 Å². The largest absolute Gasteiger partial charge is 0.493 e. The van der Waals surface area contributed by atoms with Crippen LogP contribution < -0.4 is 20.2 Å². The van der Waals surface area contributed by atoms with E-state index in [1.165, 1.54) is 14.2 Å². The lowest BCUT2D eigenvalue weighted by molar-refractivity contribution is -0.693. The number of fused-ring (bicyclic) bond motifs is 1. The Morgan fingerprint density at radius 2 is 1.78 bits per heavy atom. The molecule has 0 saturated heterocycles. The van der Waals surface area contributed by atoms with Crippen LogP contribution in [0, 0.1) is 33.5 Å². The maximum absolute atomic E-state index is 10.2. The van der Waals surface area contributed by atoms with E-state index in [-0.39, 0.29) is 19.0 Å². The minimum Gasteiger partial charge on any atom is -0.493 e. The van der Waals surface area contributed by atoms with Crippen LogP contribution in [0.5, 0.6) is 11.5 Å². The summed E-state index contributed by atoms with van der Waals surface area (Å²) in [5.41, 5.74) is 4.21. The first-order valence-corrected chi connectivity index (χ1v) is 8.72. The third-order valence-electron chi connectivity index (χ3n) is 5.44. The Balaban J connectivity index is 2.28. The number of ether oxygens (including phenoxy) is 4. The van der Waals surface area contributed by atoms with E-state index in [9.17, 15) is 10.5 Å². The summed E-state index contributed by atoms with van der Waals surface area (Å²) in [5, 5.41) is 20.3. The van der Waals surface area contributed by atoms with Crippen LogP contribution in [0.4, 0.5) is 0 Å². The zero-order valence-electron chi connectivity index (χ0n) is 15.8. The Kier molecular flexibility index (Phi) is 4.51. The average Bonchev–Trinajstić information content (AvgIpc) is 3.26. The highest BCUT2D eigenvalue weighted by Crippen LogP contribution is 2.79. The van der Waals surface area contributed by atoms with E-state index < -0.39 is 22.7 Å². The number of methoxy groups -OCH3 is 2. The van der Waals surface area contributed by atoms with E-state index in [2.05, 4.69) is 17.1 Å². The van der Waals surface area contributed by atoms with Gasteiger partial charge in [0.2, 0.25) is 0 Å². The summed E-state index contributed by atoms with van der Waals surface area (Å²) in [5.74, 6) is -1.01. The SMILES string of the molecule is CCOC1(OCC)[NH+]=C(N)C2(C#N)C(c3cccc(OC)c3OC)C12C#N. The van der Waals surface area contributed by atoms with Gasteiger partial charge in [-0.15, -0.1) is 0 Å². The molecular formula is C19H23N4O4+. The first-order valence-electron chi connectivity index (χ1n) is 8.72. The highest BCUT2D eigenvalue weighted by molar-refractivity contribution is 5.95. The Morgan fingerprint density at radius 3 is 2.26 bits per heavy atom. The van der Waals surface area contributed by atoms with Gasteiger partial charge in [0.25, 0.3) is 5.84 Å². The van der Waals surface area contributed by atoms with Gasteiger partial charge in [-0.2, -0.15) is 10.5 Å². The van der Waals surface area contributed by atoms with Gasteiger partial charge in [-0.25, -0.2) is 4.99 Å². The highest BCUT2D eigenvalue weighted by Gasteiger charge is 2.97. The van der Waals surface area contributed by atoms with Gasteiger partial charge >= 0.3 is 5.91 Å².